The van der Waals surface area contributed by atoms with Crippen LogP contribution in [0, 0.1) is 5.92 Å². The average Bonchev–Trinajstić information content (AvgIpc) is 2.84. The number of nitrogens with zero attached hydrogens (tertiary/aromatic N) is 3. The summed E-state index contributed by atoms with van der Waals surface area (Å²) in [7, 11) is 1.58. The molecule has 2 N–H and O–H groups in total. The monoisotopic (exact) mass is 304 g/mol. The Morgan fingerprint density at radius 2 is 2.10 bits per heavy atom. The summed E-state index contributed by atoms with van der Waals surface area (Å²) in [6, 6.07) is 0. The summed E-state index contributed by atoms with van der Waals surface area (Å²) in [5.74, 6) is -1.19. The lowest BCUT2D eigenvalue weighted by Crippen LogP contribution is -2.48. The lowest BCUT2D eigenvalue weighted by atomic mass is 10.1. The molecule has 1 aliphatic rings. The van der Waals surface area contributed by atoms with Crippen molar-refractivity contribution in [3.63, 3.8) is 0 Å². The van der Waals surface area contributed by atoms with Gasteiger partial charge in [0, 0.05) is 13.5 Å². The first-order chi connectivity index (χ1) is 9.75. The van der Waals surface area contributed by atoms with Crippen LogP contribution < -0.4 is 0 Å². The number of carbonyl (C=O) groups is 1. The molecule has 0 aromatic heterocycles. The van der Waals surface area contributed by atoms with Crippen molar-refractivity contribution >= 4 is 5.97 Å². The summed E-state index contributed by atoms with van der Waals surface area (Å²) < 4.78 is 5.01. The third-order valence-electron chi connectivity index (χ3n) is 3.50. The topological polar surface area (TPSA) is 94.6 Å². The van der Waals surface area contributed by atoms with Gasteiger partial charge in [-0.1, -0.05) is 0 Å². The van der Waals surface area contributed by atoms with Crippen LogP contribution in [-0.4, -0.2) is 58.2 Å². The van der Waals surface area contributed by atoms with E-state index in [4.69, 9.17) is 14.7 Å². The summed E-state index contributed by atoms with van der Waals surface area (Å²) in [5, 5.41) is 24.2. The number of hydrazine groups is 1. The Kier molecular flexibility index (Phi) is 6.19. The summed E-state index contributed by atoms with van der Waals surface area (Å²) in [4.78, 5) is 16.8. The van der Waals surface area contributed by atoms with Gasteiger partial charge in [-0.25, -0.2) is 5.21 Å². The van der Waals surface area contributed by atoms with Crippen LogP contribution in [0.25, 0.3) is 0 Å². The predicted molar refractivity (Wildman–Crippen MR) is 72.7 cm³/mol. The number of hydrogen-bond donors (Lipinski definition) is 2. The fraction of sp³-hybridized carbons (Fsp3) is 0.923. The summed E-state index contributed by atoms with van der Waals surface area (Å²) in [5.41, 5.74) is -0.362. The first-order valence-electron chi connectivity index (χ1n) is 7.10. The molecule has 0 saturated heterocycles. The molecule has 2 atom stereocenters. The van der Waals surface area contributed by atoms with Crippen molar-refractivity contribution < 1.29 is 29.7 Å². The maximum absolute atomic E-state index is 10.9. The molecule has 21 heavy (non-hydrogen) atoms. The van der Waals surface area contributed by atoms with Crippen molar-refractivity contribution in [2.24, 2.45) is 11.2 Å². The zero-order valence-corrected chi connectivity index (χ0v) is 13.2. The van der Waals surface area contributed by atoms with Crippen LogP contribution in [-0.2, 0) is 14.4 Å². The van der Waals surface area contributed by atoms with E-state index >= 15 is 0 Å². The van der Waals surface area contributed by atoms with Crippen molar-refractivity contribution in [3.8, 4) is 0 Å². The lowest BCUT2D eigenvalue weighted by Gasteiger charge is -2.25. The molecule has 8 nitrogen and oxygen atoms in total. The average molecular weight is 304 g/mol. The molecule has 0 spiro atoms. The van der Waals surface area contributed by atoms with Gasteiger partial charge in [0.05, 0.1) is 18.1 Å². The number of rotatable bonds is 7. The number of carboxylic acids is 1. The van der Waals surface area contributed by atoms with Gasteiger partial charge in [-0.05, 0) is 33.6 Å². The molecule has 0 unspecified atom stereocenters. The van der Waals surface area contributed by atoms with E-state index < -0.39 is 5.97 Å². The fourth-order valence-electron chi connectivity index (χ4n) is 2.28. The van der Waals surface area contributed by atoms with Gasteiger partial charge in [0.1, 0.15) is 12.6 Å². The van der Waals surface area contributed by atoms with Crippen LogP contribution in [0.4, 0.5) is 0 Å². The molecule has 0 heterocycles. The van der Waals surface area contributed by atoms with Gasteiger partial charge < -0.3 is 14.7 Å². The number of methoxy groups -OCH3 is 1. The zero-order chi connectivity index (χ0) is 16.0. The van der Waals surface area contributed by atoms with Crippen molar-refractivity contribution in [2.75, 3.05) is 20.3 Å². The van der Waals surface area contributed by atoms with Gasteiger partial charge in [0.25, 0.3) is 10.2 Å². The first kappa shape index (κ1) is 17.5. The van der Waals surface area contributed by atoms with Gasteiger partial charge >= 0.3 is 5.97 Å². The van der Waals surface area contributed by atoms with E-state index in [9.17, 15) is 10.0 Å². The van der Waals surface area contributed by atoms with Crippen LogP contribution in [0.5, 0.6) is 0 Å². The quantitative estimate of drug-likeness (QED) is 0.422. The van der Waals surface area contributed by atoms with Crippen LogP contribution in [0.2, 0.25) is 0 Å². The molecule has 1 fully saturated rings. The maximum atomic E-state index is 10.9. The second-order valence-corrected chi connectivity index (χ2v) is 6.21. The Morgan fingerprint density at radius 3 is 2.57 bits per heavy atom. The smallest absolute Gasteiger partial charge is 0.306 e. The minimum atomic E-state index is -0.807. The van der Waals surface area contributed by atoms with E-state index in [1.807, 2.05) is 20.8 Å². The second-order valence-electron chi connectivity index (χ2n) is 6.21. The molecule has 0 bridgehead atoms. The summed E-state index contributed by atoms with van der Waals surface area (Å²) in [6.07, 6.45) is 1.35. The Labute approximate surface area is 124 Å². The predicted octanol–water partition coefficient (Wildman–Crippen LogP) is 1.69. The van der Waals surface area contributed by atoms with Gasteiger partial charge in [0.15, 0.2) is 0 Å². The third kappa shape index (κ3) is 5.37. The van der Waals surface area contributed by atoms with E-state index in [1.54, 1.807) is 12.1 Å². The van der Waals surface area contributed by atoms with Gasteiger partial charge in [-0.15, -0.1) is 5.01 Å². The second kappa shape index (κ2) is 7.44. The minimum Gasteiger partial charge on any atom is -0.481 e. The minimum absolute atomic E-state index is 0.273. The van der Waals surface area contributed by atoms with Crippen molar-refractivity contribution in [1.82, 2.24) is 5.01 Å². The lowest BCUT2D eigenvalue weighted by molar-refractivity contribution is -0.949. The number of ether oxygens (including phenoxy) is 1. The molecule has 122 valence electrons. The molecular formula is C13H26N3O5+. The van der Waals surface area contributed by atoms with Crippen LogP contribution in [0.15, 0.2) is 5.28 Å². The van der Waals surface area contributed by atoms with E-state index in [0.717, 1.165) is 0 Å². The van der Waals surface area contributed by atoms with Gasteiger partial charge in [0.2, 0.25) is 0 Å². The first-order valence-corrected chi connectivity index (χ1v) is 7.10. The molecule has 0 amide bonds. The number of carboxylic acid groups (broad SMARTS) is 1. The van der Waals surface area contributed by atoms with E-state index in [1.165, 1.54) is 0 Å². The maximum Gasteiger partial charge on any atom is 0.306 e. The van der Waals surface area contributed by atoms with Crippen molar-refractivity contribution in [2.45, 2.75) is 51.7 Å². The number of aliphatic carboxylic acids is 1. The summed E-state index contributed by atoms with van der Waals surface area (Å²) in [6.45, 7) is 6.67. The van der Waals surface area contributed by atoms with E-state index in [0.29, 0.717) is 37.4 Å². The SMILES string of the molecule is COCCN(/[N+](O)=N/O[C@@H]1CC[C@H](C(=O)O)C1)C(C)(C)C. The molecule has 1 rings (SSSR count). The van der Waals surface area contributed by atoms with Crippen molar-refractivity contribution in [3.05, 3.63) is 0 Å². The molecule has 0 aromatic carbocycles. The molecule has 0 radical (unpaired) electrons. The standard InChI is InChI=1S/C13H25N3O5/c1-13(2,3)15(7-8-20-4)16(19)14-21-11-6-5-10(9-11)12(17)18/h10-11H,5-9H2,1-4H3,(H-,14,17,18,19)/p+1/t10-,11+/m0/s1. The normalized spacial score (nSPS) is 23.1. The largest absolute Gasteiger partial charge is 0.481 e. The van der Waals surface area contributed by atoms with Crippen molar-refractivity contribution in [1.29, 1.82) is 0 Å². The van der Waals surface area contributed by atoms with E-state index in [2.05, 4.69) is 5.28 Å². The highest BCUT2D eigenvalue weighted by Gasteiger charge is 2.35. The highest BCUT2D eigenvalue weighted by atomic mass is 16.7. The molecule has 0 aromatic rings. The Bertz CT molecular complexity index is 380. The summed E-state index contributed by atoms with van der Waals surface area (Å²) >= 11 is 0. The highest BCUT2D eigenvalue weighted by molar-refractivity contribution is 5.70. The van der Waals surface area contributed by atoms with Crippen LogP contribution in [0.3, 0.4) is 0 Å². The molecule has 0 aliphatic heterocycles. The zero-order valence-electron chi connectivity index (χ0n) is 13.2. The van der Waals surface area contributed by atoms with Gasteiger partial charge in [-0.2, -0.15) is 0 Å². The van der Waals surface area contributed by atoms with Crippen LogP contribution in [0.1, 0.15) is 40.0 Å². The van der Waals surface area contributed by atoms with E-state index in [-0.39, 0.29) is 17.6 Å². The Morgan fingerprint density at radius 1 is 1.43 bits per heavy atom. The van der Waals surface area contributed by atoms with Gasteiger partial charge in [-0.3, -0.25) is 4.79 Å². The fourth-order valence-corrected chi connectivity index (χ4v) is 2.28. The Balaban J connectivity index is 2.59. The molecular weight excluding hydrogens is 278 g/mol. The Hall–Kier alpha value is -1.57. The molecule has 8 heteroatoms. The van der Waals surface area contributed by atoms with Crippen LogP contribution >= 0.6 is 0 Å². The molecule has 1 aliphatic carbocycles. The third-order valence-corrected chi connectivity index (χ3v) is 3.50. The highest BCUT2D eigenvalue weighted by Crippen LogP contribution is 2.28. The molecule has 1 saturated carbocycles. The number of hydrogen-bond acceptors (Lipinski definition) is 4.